The number of rotatable bonds is 6. The Bertz CT molecular complexity index is 988. The number of aromatic nitrogens is 3. The highest BCUT2D eigenvalue weighted by molar-refractivity contribution is 5.79. The van der Waals surface area contributed by atoms with Crippen LogP contribution in [0.3, 0.4) is 0 Å². The smallest absolute Gasteiger partial charge is 0.256 e. The highest BCUT2D eigenvalue weighted by Gasteiger charge is 2.33. The summed E-state index contributed by atoms with van der Waals surface area (Å²) in [7, 11) is 0. The predicted molar refractivity (Wildman–Crippen MR) is 99.5 cm³/mol. The molecule has 3 aromatic rings. The molecule has 0 unspecified atom stereocenters. The Hall–Kier alpha value is -3.26. The third-order valence-corrected chi connectivity index (χ3v) is 4.58. The predicted octanol–water partition coefficient (Wildman–Crippen LogP) is 3.19. The van der Waals surface area contributed by atoms with Gasteiger partial charge < -0.3 is 19.7 Å². The second-order valence-corrected chi connectivity index (χ2v) is 6.54. The number of nitrogens with two attached hydrogens (primary N) is 1. The lowest BCUT2D eigenvalue weighted by Crippen LogP contribution is -2.27. The van der Waals surface area contributed by atoms with Crippen molar-refractivity contribution in [1.29, 1.82) is 0 Å². The molecule has 28 heavy (non-hydrogen) atoms. The molecule has 2 aromatic heterocycles. The van der Waals surface area contributed by atoms with Gasteiger partial charge in [-0.25, -0.2) is 4.98 Å². The zero-order valence-corrected chi connectivity index (χ0v) is 15.4. The Morgan fingerprint density at radius 3 is 2.96 bits per heavy atom. The van der Waals surface area contributed by atoms with E-state index in [1.807, 2.05) is 24.3 Å². The van der Waals surface area contributed by atoms with E-state index >= 15 is 0 Å². The molecule has 0 radical (unpaired) electrons. The van der Waals surface area contributed by atoms with Crippen LogP contribution in [0.1, 0.15) is 37.3 Å². The van der Waals surface area contributed by atoms with Gasteiger partial charge in [0.15, 0.2) is 0 Å². The summed E-state index contributed by atoms with van der Waals surface area (Å²) < 4.78 is 16.8. The minimum atomic E-state index is -0.611. The fourth-order valence-corrected chi connectivity index (χ4v) is 3.07. The van der Waals surface area contributed by atoms with Crippen molar-refractivity contribution in [2.24, 2.45) is 5.73 Å². The van der Waals surface area contributed by atoms with Gasteiger partial charge in [-0.15, -0.1) is 0 Å². The third-order valence-electron chi connectivity index (χ3n) is 4.58. The molecule has 0 aliphatic carbocycles. The molecule has 2 atom stereocenters. The number of ether oxygens (including phenoxy) is 2. The van der Waals surface area contributed by atoms with E-state index in [1.54, 1.807) is 18.3 Å². The molecule has 1 saturated heterocycles. The maximum atomic E-state index is 11.2. The average Bonchev–Trinajstić information content (AvgIpc) is 3.38. The van der Waals surface area contributed by atoms with Gasteiger partial charge in [-0.2, -0.15) is 4.98 Å². The van der Waals surface area contributed by atoms with Crippen molar-refractivity contribution in [2.45, 2.75) is 38.4 Å². The number of benzene rings is 1. The van der Waals surface area contributed by atoms with E-state index < -0.39 is 18.1 Å². The van der Waals surface area contributed by atoms with Crippen molar-refractivity contribution in [3.63, 3.8) is 0 Å². The maximum absolute atomic E-state index is 11.2. The quantitative estimate of drug-likeness (QED) is 0.698. The summed E-state index contributed by atoms with van der Waals surface area (Å²) in [4.78, 5) is 19.9. The molecule has 8 nitrogen and oxygen atoms in total. The van der Waals surface area contributed by atoms with Crippen molar-refractivity contribution in [3.05, 3.63) is 54.0 Å². The number of pyridine rings is 1. The minimum Gasteiger partial charge on any atom is -0.439 e. The number of aryl methyl sites for hydroxylation is 1. The number of hydrogen-bond donors (Lipinski definition) is 1. The third kappa shape index (κ3) is 3.86. The van der Waals surface area contributed by atoms with E-state index in [4.69, 9.17) is 19.7 Å². The van der Waals surface area contributed by atoms with Crippen molar-refractivity contribution in [2.75, 3.05) is 0 Å². The van der Waals surface area contributed by atoms with Gasteiger partial charge in [0.05, 0.1) is 0 Å². The summed E-state index contributed by atoms with van der Waals surface area (Å²) in [5.41, 5.74) is 7.17. The van der Waals surface area contributed by atoms with E-state index in [1.165, 1.54) is 5.56 Å². The number of primary amides is 1. The SMILES string of the molecule is CCc1cccc(Oc2cc(-c3noc([C@@H]4CC[C@H](C(N)=O)O4)n3)ccn2)c1. The van der Waals surface area contributed by atoms with Crippen LogP contribution < -0.4 is 10.5 Å². The Morgan fingerprint density at radius 1 is 1.29 bits per heavy atom. The van der Waals surface area contributed by atoms with Crippen molar-refractivity contribution >= 4 is 5.91 Å². The number of amides is 1. The lowest BCUT2D eigenvalue weighted by Gasteiger charge is -2.07. The van der Waals surface area contributed by atoms with Crippen LogP contribution in [-0.4, -0.2) is 27.1 Å². The van der Waals surface area contributed by atoms with Crippen LogP contribution in [0.4, 0.5) is 0 Å². The van der Waals surface area contributed by atoms with Gasteiger partial charge in [0.2, 0.25) is 17.6 Å². The van der Waals surface area contributed by atoms with Crippen molar-refractivity contribution < 1.29 is 18.8 Å². The molecular formula is C20H20N4O4. The molecule has 1 fully saturated rings. The van der Waals surface area contributed by atoms with Crippen LogP contribution in [0.2, 0.25) is 0 Å². The summed E-state index contributed by atoms with van der Waals surface area (Å²) in [5, 5.41) is 4.01. The molecule has 3 heterocycles. The van der Waals surface area contributed by atoms with E-state index in [-0.39, 0.29) is 0 Å². The summed E-state index contributed by atoms with van der Waals surface area (Å²) >= 11 is 0. The zero-order valence-electron chi connectivity index (χ0n) is 15.4. The van der Waals surface area contributed by atoms with Crippen molar-refractivity contribution in [3.8, 4) is 23.0 Å². The monoisotopic (exact) mass is 380 g/mol. The standard InChI is InChI=1S/C20H20N4O4/c1-2-12-4-3-5-14(10-12)26-17-11-13(8-9-22-17)19-23-20(28-24-19)16-7-6-15(27-16)18(21)25/h3-5,8-11,15-16H,2,6-7H2,1H3,(H2,21,25)/t15-,16+/m1/s1. The average molecular weight is 380 g/mol. The fourth-order valence-electron chi connectivity index (χ4n) is 3.07. The first-order valence-electron chi connectivity index (χ1n) is 9.14. The van der Waals surface area contributed by atoms with E-state index in [9.17, 15) is 4.79 Å². The molecule has 0 spiro atoms. The van der Waals surface area contributed by atoms with Crippen LogP contribution in [0, 0.1) is 0 Å². The summed E-state index contributed by atoms with van der Waals surface area (Å²) in [5.74, 6) is 1.40. The molecule has 1 aliphatic rings. The molecule has 2 N–H and O–H groups in total. The van der Waals surface area contributed by atoms with Crippen LogP contribution >= 0.6 is 0 Å². The van der Waals surface area contributed by atoms with Gasteiger partial charge in [0.25, 0.3) is 5.89 Å². The van der Waals surface area contributed by atoms with Gasteiger partial charge in [-0.3, -0.25) is 4.79 Å². The van der Waals surface area contributed by atoms with Gasteiger partial charge in [0.1, 0.15) is 18.0 Å². The van der Waals surface area contributed by atoms with Crippen LogP contribution in [0.5, 0.6) is 11.6 Å². The van der Waals surface area contributed by atoms with Gasteiger partial charge >= 0.3 is 0 Å². The first-order chi connectivity index (χ1) is 13.6. The molecule has 8 heteroatoms. The second-order valence-electron chi connectivity index (χ2n) is 6.54. The Balaban J connectivity index is 1.50. The second kappa shape index (κ2) is 7.77. The topological polar surface area (TPSA) is 113 Å². The van der Waals surface area contributed by atoms with E-state index in [0.717, 1.165) is 12.2 Å². The van der Waals surface area contributed by atoms with Gasteiger partial charge in [-0.05, 0) is 43.0 Å². The first kappa shape index (κ1) is 18.1. The summed E-state index contributed by atoms with van der Waals surface area (Å²) in [6.45, 7) is 2.09. The molecule has 4 rings (SSSR count). The molecule has 144 valence electrons. The van der Waals surface area contributed by atoms with E-state index in [2.05, 4.69) is 22.0 Å². The fraction of sp³-hybridized carbons (Fsp3) is 0.300. The van der Waals surface area contributed by atoms with Gasteiger partial charge in [0, 0.05) is 17.8 Å². The molecule has 1 aromatic carbocycles. The minimum absolute atomic E-state index is 0.327. The van der Waals surface area contributed by atoms with Crippen LogP contribution in [0.25, 0.3) is 11.4 Å². The highest BCUT2D eigenvalue weighted by atomic mass is 16.5. The molecule has 0 bridgehead atoms. The molecule has 0 saturated carbocycles. The molecule has 1 amide bonds. The van der Waals surface area contributed by atoms with Crippen LogP contribution in [-0.2, 0) is 16.0 Å². The first-order valence-corrected chi connectivity index (χ1v) is 9.14. The lowest BCUT2D eigenvalue weighted by molar-refractivity contribution is -0.129. The molecule has 1 aliphatic heterocycles. The maximum Gasteiger partial charge on any atom is 0.256 e. The van der Waals surface area contributed by atoms with E-state index in [0.29, 0.717) is 36.0 Å². The molecular weight excluding hydrogens is 360 g/mol. The number of nitrogens with zero attached hydrogens (tertiary/aromatic N) is 3. The number of hydrogen-bond acceptors (Lipinski definition) is 7. The largest absolute Gasteiger partial charge is 0.439 e. The lowest BCUT2D eigenvalue weighted by atomic mass is 10.2. The zero-order chi connectivity index (χ0) is 19.5. The summed E-state index contributed by atoms with van der Waals surface area (Å²) in [6, 6.07) is 11.4. The Kier molecular flexibility index (Phi) is 5.03. The Labute approximate surface area is 161 Å². The van der Waals surface area contributed by atoms with Gasteiger partial charge in [-0.1, -0.05) is 24.2 Å². The Morgan fingerprint density at radius 2 is 2.18 bits per heavy atom. The highest BCUT2D eigenvalue weighted by Crippen LogP contribution is 2.33. The van der Waals surface area contributed by atoms with Crippen molar-refractivity contribution in [1.82, 2.24) is 15.1 Å². The van der Waals surface area contributed by atoms with Crippen LogP contribution in [0.15, 0.2) is 47.1 Å². The summed E-state index contributed by atoms with van der Waals surface area (Å²) in [6.07, 6.45) is 2.67. The number of carbonyl (C=O) groups is 1. The normalized spacial score (nSPS) is 18.9. The number of carbonyl (C=O) groups excluding carboxylic acids is 1.